The van der Waals surface area contributed by atoms with Crippen LogP contribution in [0.15, 0.2) is 18.2 Å². The van der Waals surface area contributed by atoms with Crippen LogP contribution >= 0.6 is 11.6 Å². The zero-order valence-electron chi connectivity index (χ0n) is 9.20. The first-order chi connectivity index (χ1) is 7.58. The Balaban J connectivity index is 2.86. The average molecular weight is 244 g/mol. The van der Waals surface area contributed by atoms with Crippen LogP contribution in [0.5, 0.6) is 5.75 Å². The Morgan fingerprint density at radius 1 is 1.50 bits per heavy atom. The van der Waals surface area contributed by atoms with Gasteiger partial charge in [-0.25, -0.2) is 0 Å². The number of rotatable bonds is 4. The van der Waals surface area contributed by atoms with Gasteiger partial charge >= 0.3 is 5.97 Å². The highest BCUT2D eigenvalue weighted by molar-refractivity contribution is 6.30. The van der Waals surface area contributed by atoms with Gasteiger partial charge in [0.25, 0.3) is 0 Å². The first-order valence-electron chi connectivity index (χ1n) is 4.74. The van der Waals surface area contributed by atoms with Gasteiger partial charge in [0.15, 0.2) is 0 Å². The normalized spacial score (nSPS) is 12.0. The third kappa shape index (κ3) is 3.12. The minimum atomic E-state index is -0.711. The van der Waals surface area contributed by atoms with E-state index in [2.05, 4.69) is 4.74 Å². The van der Waals surface area contributed by atoms with Crippen LogP contribution in [0.25, 0.3) is 0 Å². The van der Waals surface area contributed by atoms with Gasteiger partial charge in [-0.05, 0) is 23.8 Å². The molecule has 0 aliphatic rings. The van der Waals surface area contributed by atoms with Crippen LogP contribution in [-0.2, 0) is 16.0 Å². The summed E-state index contributed by atoms with van der Waals surface area (Å²) in [5.74, 6) is 0.200. The zero-order chi connectivity index (χ0) is 12.1. The molecule has 0 fully saturated rings. The number of nitrogens with two attached hydrogens (primary N) is 1. The maximum Gasteiger partial charge on any atom is 0.322 e. The summed E-state index contributed by atoms with van der Waals surface area (Å²) in [4.78, 5) is 11.2. The van der Waals surface area contributed by atoms with Crippen LogP contribution in [0.2, 0.25) is 5.02 Å². The Labute approximate surface area is 99.3 Å². The van der Waals surface area contributed by atoms with Gasteiger partial charge in [-0.3, -0.25) is 4.79 Å². The molecule has 0 spiro atoms. The minimum absolute atomic E-state index is 0.330. The molecule has 5 heteroatoms. The Kier molecular flexibility index (Phi) is 4.58. The lowest BCUT2D eigenvalue weighted by Crippen LogP contribution is -2.33. The molecule has 0 aromatic heterocycles. The molecule has 0 radical (unpaired) electrons. The third-order valence-corrected chi connectivity index (χ3v) is 2.42. The summed E-state index contributed by atoms with van der Waals surface area (Å²) in [5, 5.41) is 0.577. The van der Waals surface area contributed by atoms with Gasteiger partial charge in [0.05, 0.1) is 14.2 Å². The third-order valence-electron chi connectivity index (χ3n) is 2.19. The predicted molar refractivity (Wildman–Crippen MR) is 61.7 cm³/mol. The van der Waals surface area contributed by atoms with Crippen molar-refractivity contribution in [2.24, 2.45) is 5.73 Å². The maximum atomic E-state index is 11.2. The number of hydrogen-bond acceptors (Lipinski definition) is 4. The van der Waals surface area contributed by atoms with Crippen LogP contribution in [0.3, 0.4) is 0 Å². The van der Waals surface area contributed by atoms with Gasteiger partial charge in [-0.2, -0.15) is 0 Å². The fourth-order valence-electron chi connectivity index (χ4n) is 1.38. The van der Waals surface area contributed by atoms with E-state index in [1.165, 1.54) is 7.11 Å². The molecule has 0 amide bonds. The second kappa shape index (κ2) is 5.72. The van der Waals surface area contributed by atoms with Crippen molar-refractivity contribution in [2.75, 3.05) is 14.2 Å². The lowest BCUT2D eigenvalue weighted by atomic mass is 10.1. The van der Waals surface area contributed by atoms with E-state index in [9.17, 15) is 4.79 Å². The highest BCUT2D eigenvalue weighted by Crippen LogP contribution is 2.23. The van der Waals surface area contributed by atoms with Crippen molar-refractivity contribution < 1.29 is 14.3 Å². The SMILES string of the molecule is COC(=O)[C@@H](N)Cc1cc(Cl)ccc1OC. The van der Waals surface area contributed by atoms with Crippen LogP contribution < -0.4 is 10.5 Å². The number of carbonyl (C=O) groups excluding carboxylic acids is 1. The quantitative estimate of drug-likeness (QED) is 0.812. The van der Waals surface area contributed by atoms with Crippen molar-refractivity contribution in [2.45, 2.75) is 12.5 Å². The van der Waals surface area contributed by atoms with Crippen molar-refractivity contribution in [3.05, 3.63) is 28.8 Å². The monoisotopic (exact) mass is 243 g/mol. The number of methoxy groups -OCH3 is 2. The molecule has 0 aliphatic carbocycles. The topological polar surface area (TPSA) is 61.5 Å². The van der Waals surface area contributed by atoms with Crippen LogP contribution in [0, 0.1) is 0 Å². The summed E-state index contributed by atoms with van der Waals surface area (Å²) in [6, 6.07) is 4.47. The number of hydrogen-bond donors (Lipinski definition) is 1. The first-order valence-corrected chi connectivity index (χ1v) is 5.12. The van der Waals surface area contributed by atoms with Crippen molar-refractivity contribution in [3.63, 3.8) is 0 Å². The zero-order valence-corrected chi connectivity index (χ0v) is 9.95. The minimum Gasteiger partial charge on any atom is -0.496 e. The second-order valence-electron chi connectivity index (χ2n) is 3.29. The Bertz CT molecular complexity index is 381. The summed E-state index contributed by atoms with van der Waals surface area (Å²) < 4.78 is 9.70. The van der Waals surface area contributed by atoms with Gasteiger partial charge in [-0.1, -0.05) is 11.6 Å². The molecule has 16 heavy (non-hydrogen) atoms. The average Bonchev–Trinajstić information content (AvgIpc) is 2.28. The molecule has 0 aliphatic heterocycles. The molecule has 1 aromatic rings. The molecular formula is C11H14ClNO3. The molecule has 0 heterocycles. The second-order valence-corrected chi connectivity index (χ2v) is 3.73. The van der Waals surface area contributed by atoms with Crippen molar-refractivity contribution >= 4 is 17.6 Å². The summed E-state index contributed by atoms with van der Waals surface area (Å²) in [7, 11) is 2.85. The highest BCUT2D eigenvalue weighted by Gasteiger charge is 2.16. The van der Waals surface area contributed by atoms with E-state index in [-0.39, 0.29) is 0 Å². The number of halogens is 1. The maximum absolute atomic E-state index is 11.2. The fraction of sp³-hybridized carbons (Fsp3) is 0.364. The summed E-state index contributed by atoms with van der Waals surface area (Å²) in [6.45, 7) is 0. The Hall–Kier alpha value is -1.26. The number of carbonyl (C=O) groups is 1. The fourth-order valence-corrected chi connectivity index (χ4v) is 1.57. The van der Waals surface area contributed by atoms with E-state index >= 15 is 0 Å². The van der Waals surface area contributed by atoms with E-state index in [4.69, 9.17) is 22.1 Å². The van der Waals surface area contributed by atoms with Crippen molar-refractivity contribution in [1.82, 2.24) is 0 Å². The van der Waals surface area contributed by atoms with Gasteiger partial charge < -0.3 is 15.2 Å². The molecule has 2 N–H and O–H groups in total. The van der Waals surface area contributed by atoms with E-state index < -0.39 is 12.0 Å². The predicted octanol–water partition coefficient (Wildman–Crippen LogP) is 1.39. The van der Waals surface area contributed by atoms with Gasteiger partial charge in [0.1, 0.15) is 11.8 Å². The number of esters is 1. The van der Waals surface area contributed by atoms with E-state index in [1.54, 1.807) is 25.3 Å². The molecule has 0 bridgehead atoms. The van der Waals surface area contributed by atoms with Gasteiger partial charge in [0, 0.05) is 11.4 Å². The Morgan fingerprint density at radius 2 is 2.19 bits per heavy atom. The summed E-state index contributed by atoms with van der Waals surface area (Å²) in [5.41, 5.74) is 6.45. The van der Waals surface area contributed by atoms with Crippen LogP contribution in [0.1, 0.15) is 5.56 Å². The molecule has 0 unspecified atom stereocenters. The molecule has 0 saturated heterocycles. The number of benzene rings is 1. The first kappa shape index (κ1) is 12.8. The summed E-state index contributed by atoms with van der Waals surface area (Å²) in [6.07, 6.45) is 0.330. The van der Waals surface area contributed by atoms with E-state index in [1.807, 2.05) is 0 Å². The molecule has 0 saturated carbocycles. The standard InChI is InChI=1S/C11H14ClNO3/c1-15-10-4-3-8(12)5-7(10)6-9(13)11(14)16-2/h3-5,9H,6,13H2,1-2H3/t9-/m0/s1. The van der Waals surface area contributed by atoms with Crippen molar-refractivity contribution in [3.8, 4) is 5.75 Å². The number of ether oxygens (including phenoxy) is 2. The smallest absolute Gasteiger partial charge is 0.322 e. The van der Waals surface area contributed by atoms with Crippen LogP contribution in [-0.4, -0.2) is 26.2 Å². The molecule has 1 rings (SSSR count). The summed E-state index contributed by atoms with van der Waals surface area (Å²) >= 11 is 5.86. The molecule has 4 nitrogen and oxygen atoms in total. The molecular weight excluding hydrogens is 230 g/mol. The molecule has 1 atom stereocenters. The lowest BCUT2D eigenvalue weighted by Gasteiger charge is -2.12. The molecule has 1 aromatic carbocycles. The van der Waals surface area contributed by atoms with Gasteiger partial charge in [0.2, 0.25) is 0 Å². The van der Waals surface area contributed by atoms with Gasteiger partial charge in [-0.15, -0.1) is 0 Å². The highest BCUT2D eigenvalue weighted by atomic mass is 35.5. The van der Waals surface area contributed by atoms with E-state index in [0.29, 0.717) is 17.2 Å². The Morgan fingerprint density at radius 3 is 2.75 bits per heavy atom. The molecule has 88 valence electrons. The lowest BCUT2D eigenvalue weighted by molar-refractivity contribution is -0.142. The van der Waals surface area contributed by atoms with E-state index in [0.717, 1.165) is 5.56 Å². The largest absolute Gasteiger partial charge is 0.496 e. The van der Waals surface area contributed by atoms with Crippen molar-refractivity contribution in [1.29, 1.82) is 0 Å². The van der Waals surface area contributed by atoms with Crippen LogP contribution in [0.4, 0.5) is 0 Å².